The van der Waals surface area contributed by atoms with Gasteiger partial charge in [-0.1, -0.05) is 51.5 Å². The summed E-state index contributed by atoms with van der Waals surface area (Å²) >= 11 is 1.07. The van der Waals surface area contributed by atoms with Crippen LogP contribution in [0.1, 0.15) is 60.1 Å². The van der Waals surface area contributed by atoms with Gasteiger partial charge in [-0.05, 0) is 36.8 Å². The number of hydrogen-bond donors (Lipinski definition) is 1. The molecule has 0 radical (unpaired) electrons. The van der Waals surface area contributed by atoms with Gasteiger partial charge in [0.1, 0.15) is 4.21 Å². The van der Waals surface area contributed by atoms with E-state index in [1.165, 1.54) is 0 Å². The van der Waals surface area contributed by atoms with Crippen molar-refractivity contribution in [2.45, 2.75) is 57.7 Å². The molecule has 0 saturated carbocycles. The van der Waals surface area contributed by atoms with E-state index in [1.54, 1.807) is 6.33 Å². The van der Waals surface area contributed by atoms with Crippen molar-refractivity contribution in [3.05, 3.63) is 58.5 Å². The number of sulfonamides is 1. The number of esters is 1. The van der Waals surface area contributed by atoms with E-state index < -0.39 is 16.0 Å². The fourth-order valence-electron chi connectivity index (χ4n) is 3.58. The van der Waals surface area contributed by atoms with Crippen LogP contribution >= 0.6 is 11.3 Å². The molecule has 2 N–H and O–H groups in total. The highest BCUT2D eigenvalue weighted by Gasteiger charge is 2.30. The molecule has 2 aromatic heterocycles. The Morgan fingerprint density at radius 2 is 1.94 bits per heavy atom. The van der Waals surface area contributed by atoms with Crippen LogP contribution in [0.2, 0.25) is 0 Å². The Morgan fingerprint density at radius 3 is 2.48 bits per heavy atom. The van der Waals surface area contributed by atoms with E-state index >= 15 is 0 Å². The molecular weight excluding hydrogens is 458 g/mol. The Balaban J connectivity index is 2.07. The fourth-order valence-corrected chi connectivity index (χ4v) is 6.10. The summed E-state index contributed by atoms with van der Waals surface area (Å²) in [5.74, 6) is -0.272. The number of hydrogen-bond acceptors (Lipinski definition) is 6. The second-order valence-electron chi connectivity index (χ2n) is 8.58. The number of rotatable bonds is 10. The minimum absolute atomic E-state index is 0.00132. The second kappa shape index (κ2) is 10.6. The number of primary sulfonamides is 1. The van der Waals surface area contributed by atoms with E-state index in [2.05, 4.69) is 4.98 Å². The lowest BCUT2D eigenvalue weighted by Gasteiger charge is -2.11. The van der Waals surface area contributed by atoms with E-state index in [0.717, 1.165) is 35.4 Å². The first-order chi connectivity index (χ1) is 15.6. The SMILES string of the molecule is CCCCOC(=O)c1c(CC(C)C)sc(S(N)(=O)=O)c1-c1ccc(Cn2cnc(C)c2)cc1. The highest BCUT2D eigenvalue weighted by Crippen LogP contribution is 2.41. The smallest absolute Gasteiger partial charge is 0.339 e. The number of imidazole rings is 1. The van der Waals surface area contributed by atoms with Crippen LogP contribution in [0.25, 0.3) is 11.1 Å². The molecule has 0 atom stereocenters. The first-order valence-corrected chi connectivity index (χ1v) is 13.4. The van der Waals surface area contributed by atoms with Crippen molar-refractivity contribution in [3.8, 4) is 11.1 Å². The third-order valence-corrected chi connectivity index (χ3v) is 7.78. The van der Waals surface area contributed by atoms with E-state index in [1.807, 2.05) is 62.7 Å². The van der Waals surface area contributed by atoms with Crippen molar-refractivity contribution in [3.63, 3.8) is 0 Å². The Bertz CT molecular complexity index is 1210. The molecule has 0 aliphatic heterocycles. The largest absolute Gasteiger partial charge is 0.462 e. The zero-order chi connectivity index (χ0) is 24.2. The average molecular weight is 490 g/mol. The summed E-state index contributed by atoms with van der Waals surface area (Å²) in [6.07, 6.45) is 5.92. The molecule has 3 aromatic rings. The number of thiophene rings is 1. The lowest BCUT2D eigenvalue weighted by atomic mass is 9.98. The van der Waals surface area contributed by atoms with Crippen LogP contribution in [0.4, 0.5) is 0 Å². The van der Waals surface area contributed by atoms with Crippen LogP contribution < -0.4 is 5.14 Å². The van der Waals surface area contributed by atoms with Gasteiger partial charge in [-0.15, -0.1) is 11.3 Å². The standard InChI is InChI=1S/C24H31N3O4S2/c1-5-6-11-31-23(28)22-20(12-16(2)3)32-24(33(25,29)30)21(22)19-9-7-18(8-10-19)14-27-13-17(4)26-15-27/h7-10,13,15-16H,5-6,11-12,14H2,1-4H3,(H2,25,29,30). The van der Waals surface area contributed by atoms with Gasteiger partial charge in [0.2, 0.25) is 10.0 Å². The second-order valence-corrected chi connectivity index (χ2v) is 11.4. The number of nitrogens with zero attached hydrogens (tertiary/aromatic N) is 2. The third-order valence-electron chi connectivity index (χ3n) is 5.11. The van der Waals surface area contributed by atoms with Gasteiger partial charge in [0.15, 0.2) is 0 Å². The van der Waals surface area contributed by atoms with Crippen molar-refractivity contribution in [1.82, 2.24) is 9.55 Å². The summed E-state index contributed by atoms with van der Waals surface area (Å²) in [4.78, 5) is 18.0. The summed E-state index contributed by atoms with van der Waals surface area (Å²) in [6.45, 7) is 8.92. The van der Waals surface area contributed by atoms with Crippen LogP contribution in [-0.4, -0.2) is 30.5 Å². The van der Waals surface area contributed by atoms with Gasteiger partial charge in [-0.3, -0.25) is 0 Å². The molecule has 178 valence electrons. The van der Waals surface area contributed by atoms with Crippen molar-refractivity contribution in [2.75, 3.05) is 6.61 Å². The maximum Gasteiger partial charge on any atom is 0.339 e. The third kappa shape index (κ3) is 6.31. The molecule has 0 unspecified atom stereocenters. The lowest BCUT2D eigenvalue weighted by Crippen LogP contribution is -2.13. The highest BCUT2D eigenvalue weighted by molar-refractivity contribution is 7.91. The van der Waals surface area contributed by atoms with E-state index in [-0.39, 0.29) is 10.1 Å². The molecular formula is C24H31N3O4S2. The Labute approximate surface area is 199 Å². The van der Waals surface area contributed by atoms with Crippen molar-refractivity contribution < 1.29 is 17.9 Å². The summed E-state index contributed by atoms with van der Waals surface area (Å²) in [5, 5.41) is 5.58. The van der Waals surface area contributed by atoms with Gasteiger partial charge >= 0.3 is 5.97 Å². The molecule has 0 saturated heterocycles. The summed E-state index contributed by atoms with van der Waals surface area (Å²) < 4.78 is 32.5. The normalized spacial score (nSPS) is 11.8. The first-order valence-electron chi connectivity index (χ1n) is 11.0. The maximum atomic E-state index is 13.1. The maximum absolute atomic E-state index is 13.1. The van der Waals surface area contributed by atoms with E-state index in [9.17, 15) is 13.2 Å². The number of unbranched alkanes of at least 4 members (excludes halogenated alkanes) is 1. The number of nitrogens with two attached hydrogens (primary N) is 1. The molecule has 0 aliphatic carbocycles. The summed E-state index contributed by atoms with van der Waals surface area (Å²) in [5.41, 5.74) is 3.24. The van der Waals surface area contributed by atoms with Crippen LogP contribution in [-0.2, 0) is 27.7 Å². The molecule has 7 nitrogen and oxygen atoms in total. The Kier molecular flexibility index (Phi) is 8.10. The topological polar surface area (TPSA) is 104 Å². The molecule has 9 heteroatoms. The number of benzene rings is 1. The predicted molar refractivity (Wildman–Crippen MR) is 131 cm³/mol. The van der Waals surface area contributed by atoms with Gasteiger partial charge in [0.25, 0.3) is 0 Å². The molecule has 0 fully saturated rings. The molecule has 3 rings (SSSR count). The van der Waals surface area contributed by atoms with E-state index in [0.29, 0.717) is 41.1 Å². The zero-order valence-corrected chi connectivity index (χ0v) is 21.1. The minimum Gasteiger partial charge on any atom is -0.462 e. The van der Waals surface area contributed by atoms with Crippen LogP contribution in [0.15, 0.2) is 41.0 Å². The monoisotopic (exact) mass is 489 g/mol. The van der Waals surface area contributed by atoms with Crippen LogP contribution in [0, 0.1) is 12.8 Å². The number of aryl methyl sites for hydroxylation is 1. The molecule has 33 heavy (non-hydrogen) atoms. The van der Waals surface area contributed by atoms with Crippen LogP contribution in [0.5, 0.6) is 0 Å². The first kappa shape index (κ1) is 25.1. The Morgan fingerprint density at radius 1 is 1.24 bits per heavy atom. The molecule has 0 aliphatic rings. The zero-order valence-electron chi connectivity index (χ0n) is 19.5. The number of aromatic nitrogens is 2. The van der Waals surface area contributed by atoms with E-state index in [4.69, 9.17) is 9.88 Å². The fraction of sp³-hybridized carbons (Fsp3) is 0.417. The lowest BCUT2D eigenvalue weighted by molar-refractivity contribution is 0.0500. The quantitative estimate of drug-likeness (QED) is 0.326. The average Bonchev–Trinajstić information content (AvgIpc) is 3.31. The molecule has 0 bridgehead atoms. The number of carbonyl (C=O) groups excluding carboxylic acids is 1. The minimum atomic E-state index is -4.04. The summed E-state index contributed by atoms with van der Waals surface area (Å²) in [6, 6.07) is 7.50. The van der Waals surface area contributed by atoms with Crippen molar-refractivity contribution in [1.29, 1.82) is 0 Å². The van der Waals surface area contributed by atoms with Crippen LogP contribution in [0.3, 0.4) is 0 Å². The van der Waals surface area contributed by atoms with Gasteiger partial charge in [-0.25, -0.2) is 23.3 Å². The van der Waals surface area contributed by atoms with Gasteiger partial charge in [-0.2, -0.15) is 0 Å². The molecule has 2 heterocycles. The van der Waals surface area contributed by atoms with Gasteiger partial charge < -0.3 is 9.30 Å². The molecule has 0 amide bonds. The highest BCUT2D eigenvalue weighted by atomic mass is 32.2. The van der Waals surface area contributed by atoms with Crippen molar-refractivity contribution in [2.24, 2.45) is 11.1 Å². The predicted octanol–water partition coefficient (Wildman–Crippen LogP) is 4.77. The number of ether oxygens (including phenoxy) is 1. The molecule has 0 spiro atoms. The Hall–Kier alpha value is -2.49. The van der Waals surface area contributed by atoms with Gasteiger partial charge in [0.05, 0.1) is 24.2 Å². The summed E-state index contributed by atoms with van der Waals surface area (Å²) in [7, 11) is -4.04. The number of carbonyl (C=O) groups is 1. The van der Waals surface area contributed by atoms with Crippen molar-refractivity contribution >= 4 is 27.3 Å². The van der Waals surface area contributed by atoms with Gasteiger partial charge in [0, 0.05) is 23.2 Å². The molecule has 1 aromatic carbocycles.